The van der Waals surface area contributed by atoms with Crippen LogP contribution in [0.5, 0.6) is 0 Å². The third-order valence-corrected chi connectivity index (χ3v) is 4.26. The van der Waals surface area contributed by atoms with Gasteiger partial charge in [0.2, 0.25) is 0 Å². The van der Waals surface area contributed by atoms with Crippen molar-refractivity contribution in [3.63, 3.8) is 0 Å². The smallest absolute Gasteiger partial charge is 0.0175 e. The largest absolute Gasteiger partial charge is 0.303 e. The minimum atomic E-state index is 0.465. The summed E-state index contributed by atoms with van der Waals surface area (Å²) < 4.78 is 1.18. The van der Waals surface area contributed by atoms with Crippen LogP contribution in [0.3, 0.4) is 0 Å². The van der Waals surface area contributed by atoms with Crippen LogP contribution in [0.1, 0.15) is 32.3 Å². The molecule has 0 bridgehead atoms. The zero-order chi connectivity index (χ0) is 11.6. The maximum absolute atomic E-state index is 3.50. The first-order valence-corrected chi connectivity index (χ1v) is 6.98. The Labute approximate surface area is 107 Å². The van der Waals surface area contributed by atoms with Crippen LogP contribution in [0.4, 0.5) is 0 Å². The lowest BCUT2D eigenvalue weighted by Gasteiger charge is -2.25. The minimum Gasteiger partial charge on any atom is -0.303 e. The van der Waals surface area contributed by atoms with Crippen LogP contribution in [0, 0.1) is 0 Å². The summed E-state index contributed by atoms with van der Waals surface area (Å²) in [5.74, 6) is 0. The van der Waals surface area contributed by atoms with E-state index in [4.69, 9.17) is 0 Å². The number of rotatable bonds is 5. The van der Waals surface area contributed by atoms with Gasteiger partial charge in [0.25, 0.3) is 0 Å². The molecule has 0 amide bonds. The number of halogens is 1. The van der Waals surface area contributed by atoms with Gasteiger partial charge in [-0.2, -0.15) is 0 Å². The molecule has 1 fully saturated rings. The molecule has 0 spiro atoms. The average Bonchev–Trinajstić information content (AvgIpc) is 3.08. The predicted molar refractivity (Wildman–Crippen MR) is 72.8 cm³/mol. The summed E-state index contributed by atoms with van der Waals surface area (Å²) in [7, 11) is 0. The average molecular weight is 282 g/mol. The fourth-order valence-electron chi connectivity index (χ4n) is 2.37. The van der Waals surface area contributed by atoms with Crippen molar-refractivity contribution in [2.75, 3.05) is 19.6 Å². The summed E-state index contributed by atoms with van der Waals surface area (Å²) in [6, 6.07) is 8.89. The molecule has 1 aliphatic carbocycles. The molecule has 0 aliphatic heterocycles. The third kappa shape index (κ3) is 2.49. The zero-order valence-corrected chi connectivity index (χ0v) is 11.8. The van der Waals surface area contributed by atoms with E-state index in [2.05, 4.69) is 58.9 Å². The van der Waals surface area contributed by atoms with E-state index in [1.165, 1.54) is 29.4 Å². The Kier molecular flexibility index (Phi) is 3.70. The molecule has 1 saturated carbocycles. The van der Waals surface area contributed by atoms with Crippen molar-refractivity contribution in [2.45, 2.75) is 32.1 Å². The molecule has 0 heterocycles. The van der Waals surface area contributed by atoms with Crippen LogP contribution in [0.2, 0.25) is 0 Å². The number of hydrogen-bond acceptors (Lipinski definition) is 1. The van der Waals surface area contributed by atoms with Crippen LogP contribution in [0.15, 0.2) is 28.7 Å². The van der Waals surface area contributed by atoms with Gasteiger partial charge >= 0.3 is 0 Å². The van der Waals surface area contributed by atoms with Crippen LogP contribution in [0.25, 0.3) is 0 Å². The summed E-state index contributed by atoms with van der Waals surface area (Å²) in [6.45, 7) is 8.05. The van der Waals surface area contributed by atoms with E-state index in [9.17, 15) is 0 Å². The predicted octanol–water partition coefficient (Wildman–Crippen LogP) is 3.82. The lowest BCUT2D eigenvalue weighted by atomic mass is 9.95. The van der Waals surface area contributed by atoms with Crippen molar-refractivity contribution >= 4 is 15.9 Å². The molecule has 0 unspecified atom stereocenters. The molecule has 0 saturated heterocycles. The van der Waals surface area contributed by atoms with Gasteiger partial charge in [0.1, 0.15) is 0 Å². The molecule has 1 aromatic carbocycles. The third-order valence-electron chi connectivity index (χ3n) is 3.73. The number of nitrogens with zero attached hydrogens (tertiary/aromatic N) is 1. The maximum atomic E-state index is 3.50. The molecule has 0 N–H and O–H groups in total. The molecule has 0 atom stereocenters. The van der Waals surface area contributed by atoms with Gasteiger partial charge in [-0.15, -0.1) is 0 Å². The second kappa shape index (κ2) is 4.89. The molecule has 2 rings (SSSR count). The quantitative estimate of drug-likeness (QED) is 0.793. The van der Waals surface area contributed by atoms with Crippen molar-refractivity contribution in [1.29, 1.82) is 0 Å². The summed E-state index contributed by atoms with van der Waals surface area (Å²) in [5, 5.41) is 0. The Hall–Kier alpha value is -0.340. The van der Waals surface area contributed by atoms with Crippen molar-refractivity contribution in [3.8, 4) is 0 Å². The molecule has 2 heteroatoms. The van der Waals surface area contributed by atoms with Gasteiger partial charge in [0, 0.05) is 16.4 Å². The van der Waals surface area contributed by atoms with Crippen LogP contribution >= 0.6 is 15.9 Å². The fourth-order valence-corrected chi connectivity index (χ4v) is 2.63. The molecule has 16 heavy (non-hydrogen) atoms. The van der Waals surface area contributed by atoms with Crippen molar-refractivity contribution in [1.82, 2.24) is 4.90 Å². The van der Waals surface area contributed by atoms with Gasteiger partial charge in [-0.1, -0.05) is 41.9 Å². The highest BCUT2D eigenvalue weighted by molar-refractivity contribution is 9.10. The summed E-state index contributed by atoms with van der Waals surface area (Å²) in [4.78, 5) is 2.54. The lowest BCUT2D eigenvalue weighted by Crippen LogP contribution is -2.32. The summed E-state index contributed by atoms with van der Waals surface area (Å²) >= 11 is 3.50. The maximum Gasteiger partial charge on any atom is 0.0175 e. The monoisotopic (exact) mass is 281 g/mol. The molecule has 1 nitrogen and oxygen atoms in total. The van der Waals surface area contributed by atoms with E-state index < -0.39 is 0 Å². The van der Waals surface area contributed by atoms with Gasteiger partial charge in [-0.3, -0.25) is 0 Å². The topological polar surface area (TPSA) is 3.24 Å². The van der Waals surface area contributed by atoms with E-state index in [1.807, 2.05) is 0 Å². The highest BCUT2D eigenvalue weighted by atomic mass is 79.9. The SMILES string of the molecule is CCN(CC)CC1(c2ccc(Br)cc2)CC1. The van der Waals surface area contributed by atoms with Crippen molar-refractivity contribution in [2.24, 2.45) is 0 Å². The van der Waals surface area contributed by atoms with Gasteiger partial charge in [-0.25, -0.2) is 0 Å². The standard InChI is InChI=1S/C14H20BrN/c1-3-16(4-2)11-14(9-10-14)12-5-7-13(15)8-6-12/h5-8H,3-4,9-11H2,1-2H3. The number of benzene rings is 1. The molecule has 88 valence electrons. The van der Waals surface area contributed by atoms with Crippen molar-refractivity contribution < 1.29 is 0 Å². The van der Waals surface area contributed by atoms with E-state index in [1.54, 1.807) is 0 Å². The molecule has 0 aromatic heterocycles. The zero-order valence-electron chi connectivity index (χ0n) is 10.2. The van der Waals surface area contributed by atoms with E-state index >= 15 is 0 Å². The Morgan fingerprint density at radius 2 is 1.69 bits per heavy atom. The highest BCUT2D eigenvalue weighted by Gasteiger charge is 2.44. The molecule has 0 radical (unpaired) electrons. The van der Waals surface area contributed by atoms with Crippen molar-refractivity contribution in [3.05, 3.63) is 34.3 Å². The van der Waals surface area contributed by atoms with Crippen LogP contribution < -0.4 is 0 Å². The molecular weight excluding hydrogens is 262 g/mol. The second-order valence-electron chi connectivity index (χ2n) is 4.75. The Balaban J connectivity index is 2.10. The normalized spacial score (nSPS) is 17.8. The van der Waals surface area contributed by atoms with E-state index in [0.29, 0.717) is 5.41 Å². The van der Waals surface area contributed by atoms with Gasteiger partial charge in [-0.05, 0) is 43.6 Å². The summed E-state index contributed by atoms with van der Waals surface area (Å²) in [6.07, 6.45) is 2.70. The Morgan fingerprint density at radius 1 is 1.12 bits per heavy atom. The first-order chi connectivity index (χ1) is 7.70. The Bertz CT molecular complexity index is 336. The highest BCUT2D eigenvalue weighted by Crippen LogP contribution is 2.48. The van der Waals surface area contributed by atoms with E-state index in [-0.39, 0.29) is 0 Å². The van der Waals surface area contributed by atoms with E-state index in [0.717, 1.165) is 13.1 Å². The Morgan fingerprint density at radius 3 is 2.12 bits per heavy atom. The second-order valence-corrected chi connectivity index (χ2v) is 5.66. The summed E-state index contributed by atoms with van der Waals surface area (Å²) in [5.41, 5.74) is 1.98. The van der Waals surface area contributed by atoms with Gasteiger partial charge < -0.3 is 4.90 Å². The van der Waals surface area contributed by atoms with Gasteiger partial charge in [0.05, 0.1) is 0 Å². The first-order valence-electron chi connectivity index (χ1n) is 6.18. The molecule has 1 aromatic rings. The first kappa shape index (κ1) is 12.1. The molecule has 1 aliphatic rings. The minimum absolute atomic E-state index is 0.465. The molecular formula is C14H20BrN. The number of hydrogen-bond donors (Lipinski definition) is 0. The van der Waals surface area contributed by atoms with Crippen LogP contribution in [-0.4, -0.2) is 24.5 Å². The van der Waals surface area contributed by atoms with Gasteiger partial charge in [0.15, 0.2) is 0 Å². The fraction of sp³-hybridized carbons (Fsp3) is 0.571. The number of likely N-dealkylation sites (N-methyl/N-ethyl adjacent to an activating group) is 1. The van der Waals surface area contributed by atoms with Crippen LogP contribution in [-0.2, 0) is 5.41 Å². The lowest BCUT2D eigenvalue weighted by molar-refractivity contribution is 0.275.